The molecule has 0 saturated carbocycles. The topological polar surface area (TPSA) is 165 Å². The average molecular weight is 353 g/mol. The lowest BCUT2D eigenvalue weighted by molar-refractivity contribution is -0.138. The number of carboxylic acid groups (broad SMARTS) is 1. The van der Waals surface area contributed by atoms with E-state index in [0.717, 1.165) is 0 Å². The van der Waals surface area contributed by atoms with E-state index in [1.165, 1.54) is 13.8 Å². The molecule has 10 nitrogen and oxygen atoms in total. The fourth-order valence-electron chi connectivity index (χ4n) is 1.36. The highest BCUT2D eigenvalue weighted by Gasteiger charge is 2.34. The molecule has 0 spiro atoms. The molecular formula is C12H21N2O8S-. The van der Waals surface area contributed by atoms with E-state index in [-0.39, 0.29) is 31.9 Å². The van der Waals surface area contributed by atoms with Gasteiger partial charge in [-0.15, -0.1) is 0 Å². The fraction of sp³-hybridized carbons (Fsp3) is 0.750. The number of ether oxygens (including phenoxy) is 1. The molecular weight excluding hydrogens is 332 g/mol. The second-order valence-electron chi connectivity index (χ2n) is 5.34. The molecule has 0 aromatic heterocycles. The van der Waals surface area contributed by atoms with Crippen molar-refractivity contribution in [2.45, 2.75) is 26.4 Å². The van der Waals surface area contributed by atoms with Crippen molar-refractivity contribution in [1.82, 2.24) is 10.6 Å². The van der Waals surface area contributed by atoms with Crippen LogP contribution in [-0.2, 0) is 25.4 Å². The molecule has 2 amide bonds. The number of nitrogens with one attached hydrogen (secondary N) is 2. The van der Waals surface area contributed by atoms with Gasteiger partial charge in [0.1, 0.15) is 12.7 Å². The van der Waals surface area contributed by atoms with Gasteiger partial charge in [-0.25, -0.2) is 4.79 Å². The van der Waals surface area contributed by atoms with Gasteiger partial charge in [-0.1, -0.05) is 24.9 Å². The number of carbonyl (C=O) groups excluding carboxylic acids is 2. The van der Waals surface area contributed by atoms with Crippen LogP contribution >= 0.6 is 0 Å². The second kappa shape index (κ2) is 10.1. The monoisotopic (exact) mass is 353 g/mol. The Balaban J connectivity index is 4.22. The number of rotatable bonds is 10. The Bertz CT molecular complexity index is 454. The molecule has 0 rings (SSSR count). The molecule has 23 heavy (non-hydrogen) atoms. The summed E-state index contributed by atoms with van der Waals surface area (Å²) < 4.78 is 25.4. The number of aliphatic hydroxyl groups excluding tert-OH is 1. The number of aliphatic hydroxyl groups is 1. The first-order valence-electron chi connectivity index (χ1n) is 6.70. The first-order chi connectivity index (χ1) is 10.6. The van der Waals surface area contributed by atoms with E-state index in [1.807, 2.05) is 0 Å². The van der Waals surface area contributed by atoms with Crippen LogP contribution in [0.5, 0.6) is 0 Å². The molecule has 1 unspecified atom stereocenters. The summed E-state index contributed by atoms with van der Waals surface area (Å²) in [6, 6.07) is 0. The van der Waals surface area contributed by atoms with Crippen LogP contribution in [0, 0.1) is 5.41 Å². The Hall–Kier alpha value is -1.72. The van der Waals surface area contributed by atoms with Gasteiger partial charge >= 0.3 is 12.1 Å². The number of amides is 2. The summed E-state index contributed by atoms with van der Waals surface area (Å²) in [7, 11) is 0. The molecule has 0 aromatic carbocycles. The lowest BCUT2D eigenvalue weighted by Gasteiger charge is -2.28. The highest BCUT2D eigenvalue weighted by molar-refractivity contribution is 7.79. The van der Waals surface area contributed by atoms with E-state index in [2.05, 4.69) is 10.6 Å². The molecule has 0 saturated heterocycles. The summed E-state index contributed by atoms with van der Waals surface area (Å²) >= 11 is -2.28. The molecule has 0 fully saturated rings. The van der Waals surface area contributed by atoms with Crippen molar-refractivity contribution in [2.24, 2.45) is 5.41 Å². The fourth-order valence-corrected chi connectivity index (χ4v) is 1.63. The lowest BCUT2D eigenvalue weighted by Crippen LogP contribution is -2.47. The molecule has 0 aliphatic heterocycles. The number of carboxylic acids is 1. The minimum absolute atomic E-state index is 0.117. The number of aliphatic carboxylic acids is 1. The normalized spacial score (nSPS) is 13.7. The van der Waals surface area contributed by atoms with Gasteiger partial charge in [0, 0.05) is 24.3 Å². The Kier molecular flexibility index (Phi) is 9.37. The van der Waals surface area contributed by atoms with Crippen LogP contribution in [0.15, 0.2) is 0 Å². The minimum Gasteiger partial charge on any atom is -0.772 e. The van der Waals surface area contributed by atoms with Crippen molar-refractivity contribution < 1.29 is 38.1 Å². The summed E-state index contributed by atoms with van der Waals surface area (Å²) in [5.74, 6) is -2.12. The van der Waals surface area contributed by atoms with Gasteiger partial charge in [-0.3, -0.25) is 13.8 Å². The van der Waals surface area contributed by atoms with Gasteiger partial charge in [0.2, 0.25) is 5.91 Å². The van der Waals surface area contributed by atoms with Gasteiger partial charge in [0.05, 0.1) is 6.42 Å². The molecule has 2 atom stereocenters. The van der Waals surface area contributed by atoms with E-state index >= 15 is 0 Å². The molecule has 0 aliphatic rings. The summed E-state index contributed by atoms with van der Waals surface area (Å²) in [4.78, 5) is 33.3. The Morgan fingerprint density at radius 2 is 1.87 bits per heavy atom. The Morgan fingerprint density at radius 1 is 1.26 bits per heavy atom. The molecule has 0 bridgehead atoms. The number of hydrogen-bond donors (Lipinski definition) is 4. The van der Waals surface area contributed by atoms with Crippen molar-refractivity contribution >= 4 is 29.1 Å². The third-order valence-electron chi connectivity index (χ3n) is 2.74. The zero-order valence-corrected chi connectivity index (χ0v) is 13.7. The van der Waals surface area contributed by atoms with E-state index in [1.54, 1.807) is 0 Å². The number of carbonyl (C=O) groups is 3. The van der Waals surface area contributed by atoms with Crippen molar-refractivity contribution in [3.63, 3.8) is 0 Å². The highest BCUT2D eigenvalue weighted by Crippen LogP contribution is 2.21. The standard InChI is InChI=1S/C12H22N2O8S/c1-12(2,7-22-11(19)14-5-6-23(20)21)9(17)10(18)13-4-3-8(15)16/h9,17H,3-7H2,1-2H3,(H,13,18)(H,14,19)(H,15,16)(H,20,21)/p-1/t9-/m0/s1. The quantitative estimate of drug-likeness (QED) is 0.347. The maximum Gasteiger partial charge on any atom is 0.407 e. The molecule has 0 radical (unpaired) electrons. The number of alkyl carbamates (subject to hydrolysis) is 1. The Labute approximate surface area is 135 Å². The van der Waals surface area contributed by atoms with E-state index < -0.39 is 40.6 Å². The first-order valence-corrected chi connectivity index (χ1v) is 7.94. The lowest BCUT2D eigenvalue weighted by atomic mass is 9.87. The van der Waals surface area contributed by atoms with Crippen molar-refractivity contribution in [3.05, 3.63) is 0 Å². The molecule has 11 heteroatoms. The van der Waals surface area contributed by atoms with Crippen LogP contribution in [0.3, 0.4) is 0 Å². The highest BCUT2D eigenvalue weighted by atomic mass is 32.2. The third-order valence-corrected chi connectivity index (χ3v) is 3.28. The summed E-state index contributed by atoms with van der Waals surface area (Å²) in [5, 5.41) is 22.8. The van der Waals surface area contributed by atoms with Crippen LogP contribution in [0.25, 0.3) is 0 Å². The number of hydrogen-bond acceptors (Lipinski definition) is 7. The molecule has 134 valence electrons. The molecule has 4 N–H and O–H groups in total. The minimum atomic E-state index is -2.28. The summed E-state index contributed by atoms with van der Waals surface area (Å²) in [5.41, 5.74) is -1.12. The maximum atomic E-state index is 11.7. The molecule has 0 aliphatic carbocycles. The van der Waals surface area contributed by atoms with E-state index in [4.69, 9.17) is 9.84 Å². The first kappa shape index (κ1) is 21.3. The molecule has 0 aromatic rings. The second-order valence-corrected chi connectivity index (χ2v) is 6.35. The van der Waals surface area contributed by atoms with Crippen molar-refractivity contribution in [3.8, 4) is 0 Å². The maximum absolute atomic E-state index is 11.7. The summed E-state index contributed by atoms with van der Waals surface area (Å²) in [6.45, 7) is 2.41. The van der Waals surface area contributed by atoms with Crippen LogP contribution in [0.1, 0.15) is 20.3 Å². The molecule has 0 heterocycles. The predicted molar refractivity (Wildman–Crippen MR) is 78.2 cm³/mol. The summed E-state index contributed by atoms with van der Waals surface area (Å²) in [6.07, 6.45) is -2.67. The average Bonchev–Trinajstić information content (AvgIpc) is 2.43. The van der Waals surface area contributed by atoms with E-state index in [0.29, 0.717) is 0 Å². The third kappa shape index (κ3) is 9.81. The largest absolute Gasteiger partial charge is 0.772 e. The van der Waals surface area contributed by atoms with E-state index in [9.17, 15) is 28.3 Å². The van der Waals surface area contributed by atoms with Gasteiger partial charge < -0.3 is 30.1 Å². The zero-order chi connectivity index (χ0) is 18.0. The van der Waals surface area contributed by atoms with Crippen LogP contribution in [0.2, 0.25) is 0 Å². The van der Waals surface area contributed by atoms with Gasteiger partial charge in [-0.2, -0.15) is 0 Å². The van der Waals surface area contributed by atoms with Gasteiger partial charge in [0.25, 0.3) is 0 Å². The van der Waals surface area contributed by atoms with Crippen LogP contribution in [0.4, 0.5) is 4.79 Å². The van der Waals surface area contributed by atoms with Crippen molar-refractivity contribution in [1.29, 1.82) is 0 Å². The van der Waals surface area contributed by atoms with Gasteiger partial charge in [-0.05, 0) is 0 Å². The SMILES string of the molecule is CC(C)(COC(=O)NCCS(=O)[O-])[C@@H](O)C(=O)NCCC(=O)O. The Morgan fingerprint density at radius 3 is 2.39 bits per heavy atom. The van der Waals surface area contributed by atoms with Crippen molar-refractivity contribution in [2.75, 3.05) is 25.4 Å². The van der Waals surface area contributed by atoms with Crippen LogP contribution < -0.4 is 10.6 Å². The predicted octanol–water partition coefficient (Wildman–Crippen LogP) is -1.43. The van der Waals surface area contributed by atoms with Gasteiger partial charge in [0.15, 0.2) is 0 Å². The van der Waals surface area contributed by atoms with Crippen LogP contribution in [-0.4, -0.2) is 68.5 Å². The smallest absolute Gasteiger partial charge is 0.407 e. The zero-order valence-electron chi connectivity index (χ0n) is 12.9.